The summed E-state index contributed by atoms with van der Waals surface area (Å²) >= 11 is 0. The predicted octanol–water partition coefficient (Wildman–Crippen LogP) is 2.15. The summed E-state index contributed by atoms with van der Waals surface area (Å²) in [5.74, 6) is -0.519. The highest BCUT2D eigenvalue weighted by Gasteiger charge is 2.60. The van der Waals surface area contributed by atoms with Crippen LogP contribution in [0.25, 0.3) is 0 Å². The number of aryl methyl sites for hydroxylation is 1. The number of carbonyl (C=O) groups is 2. The van der Waals surface area contributed by atoms with Crippen molar-refractivity contribution in [2.45, 2.75) is 38.0 Å². The van der Waals surface area contributed by atoms with Crippen LogP contribution in [0.2, 0.25) is 0 Å². The Balaban J connectivity index is 1.71. The van der Waals surface area contributed by atoms with E-state index in [-0.39, 0.29) is 17.9 Å². The van der Waals surface area contributed by atoms with Crippen molar-refractivity contribution in [1.29, 1.82) is 0 Å². The molecule has 7 heteroatoms. The number of carbonyl (C=O) groups excluding carboxylic acids is 2. The summed E-state index contributed by atoms with van der Waals surface area (Å²) in [6.45, 7) is 3.61. The molecule has 1 fully saturated rings. The second-order valence-corrected chi connectivity index (χ2v) is 7.81. The summed E-state index contributed by atoms with van der Waals surface area (Å²) < 4.78 is 5.15. The van der Waals surface area contributed by atoms with Crippen molar-refractivity contribution in [1.82, 2.24) is 5.32 Å². The molecule has 1 spiro atoms. The van der Waals surface area contributed by atoms with E-state index in [0.29, 0.717) is 23.5 Å². The molecule has 2 aliphatic heterocycles. The third-order valence-electron chi connectivity index (χ3n) is 5.89. The van der Waals surface area contributed by atoms with Gasteiger partial charge in [-0.3, -0.25) is 14.9 Å². The van der Waals surface area contributed by atoms with E-state index in [4.69, 9.17) is 4.74 Å². The first-order chi connectivity index (χ1) is 13.8. The summed E-state index contributed by atoms with van der Waals surface area (Å²) in [5, 5.41) is 19.3. The van der Waals surface area contributed by atoms with Gasteiger partial charge in [0, 0.05) is 23.0 Å². The predicted molar refractivity (Wildman–Crippen MR) is 110 cm³/mol. The molecule has 29 heavy (non-hydrogen) atoms. The number of rotatable bonds is 4. The monoisotopic (exact) mass is 395 g/mol. The molecule has 0 saturated carbocycles. The molecule has 2 aromatic carbocycles. The molecule has 0 aliphatic carbocycles. The standard InChI is InChI=1S/C22H25N3O4/c1-12-4-9-18-16(10-12)22(21(28)24-18)17(11-19(25-22)13(2)26)20(27)23-14-5-7-15(29-3)8-6-14/h4-10,13,17,19,25-26H,11H2,1-3H3,(H,23,27)(H,24,28). The number of methoxy groups -OCH3 is 1. The topological polar surface area (TPSA) is 99.7 Å². The van der Waals surface area contributed by atoms with Crippen LogP contribution in [0, 0.1) is 12.8 Å². The summed E-state index contributed by atoms with van der Waals surface area (Å²) in [6, 6.07) is 12.4. The van der Waals surface area contributed by atoms with Crippen LogP contribution in [-0.4, -0.2) is 36.2 Å². The van der Waals surface area contributed by atoms with Crippen LogP contribution < -0.4 is 20.7 Å². The highest BCUT2D eigenvalue weighted by molar-refractivity contribution is 6.10. The Morgan fingerprint density at radius 1 is 1.28 bits per heavy atom. The van der Waals surface area contributed by atoms with Crippen LogP contribution in [0.15, 0.2) is 42.5 Å². The molecule has 152 valence electrons. The molecular weight excluding hydrogens is 370 g/mol. The van der Waals surface area contributed by atoms with E-state index in [1.807, 2.05) is 25.1 Å². The number of hydrogen-bond acceptors (Lipinski definition) is 5. The van der Waals surface area contributed by atoms with Gasteiger partial charge in [0.1, 0.15) is 11.3 Å². The maximum atomic E-state index is 13.3. The van der Waals surface area contributed by atoms with E-state index >= 15 is 0 Å². The molecule has 1 saturated heterocycles. The molecule has 0 aromatic heterocycles. The molecule has 2 amide bonds. The second-order valence-electron chi connectivity index (χ2n) is 7.81. The SMILES string of the molecule is COc1ccc(NC(=O)C2CC(C(C)O)NC23C(=O)Nc2ccc(C)cc23)cc1. The van der Waals surface area contributed by atoms with Crippen LogP contribution in [0.5, 0.6) is 5.75 Å². The van der Waals surface area contributed by atoms with Gasteiger partial charge in [-0.15, -0.1) is 0 Å². The van der Waals surface area contributed by atoms with Crippen molar-refractivity contribution < 1.29 is 19.4 Å². The minimum absolute atomic E-state index is 0.267. The van der Waals surface area contributed by atoms with Gasteiger partial charge in [0.25, 0.3) is 0 Å². The van der Waals surface area contributed by atoms with E-state index in [0.717, 1.165) is 11.1 Å². The lowest BCUT2D eigenvalue weighted by Crippen LogP contribution is -2.53. The average molecular weight is 395 g/mol. The third-order valence-corrected chi connectivity index (χ3v) is 5.89. The van der Waals surface area contributed by atoms with Crippen molar-refractivity contribution in [3.05, 3.63) is 53.6 Å². The normalized spacial score (nSPS) is 26.1. The van der Waals surface area contributed by atoms with Crippen molar-refractivity contribution in [3.63, 3.8) is 0 Å². The number of fused-ring (bicyclic) bond motifs is 2. The van der Waals surface area contributed by atoms with Gasteiger partial charge in [0.05, 0.1) is 19.1 Å². The number of amides is 2. The molecule has 4 unspecified atom stereocenters. The second kappa shape index (κ2) is 7.17. The number of aliphatic hydroxyl groups is 1. The number of nitrogens with one attached hydrogen (secondary N) is 3. The maximum absolute atomic E-state index is 13.3. The molecule has 0 radical (unpaired) electrons. The van der Waals surface area contributed by atoms with Gasteiger partial charge in [-0.1, -0.05) is 17.7 Å². The van der Waals surface area contributed by atoms with E-state index in [2.05, 4.69) is 16.0 Å². The van der Waals surface area contributed by atoms with Crippen molar-refractivity contribution in [3.8, 4) is 5.75 Å². The van der Waals surface area contributed by atoms with E-state index in [1.54, 1.807) is 38.3 Å². The molecule has 7 nitrogen and oxygen atoms in total. The van der Waals surface area contributed by atoms with Crippen LogP contribution in [0.3, 0.4) is 0 Å². The first-order valence-corrected chi connectivity index (χ1v) is 9.68. The highest BCUT2D eigenvalue weighted by Crippen LogP contribution is 2.48. The smallest absolute Gasteiger partial charge is 0.250 e. The van der Waals surface area contributed by atoms with Gasteiger partial charge < -0.3 is 20.5 Å². The van der Waals surface area contributed by atoms with Gasteiger partial charge in [-0.25, -0.2) is 0 Å². The van der Waals surface area contributed by atoms with Crippen LogP contribution >= 0.6 is 0 Å². The summed E-state index contributed by atoms with van der Waals surface area (Å²) in [6.07, 6.45) is -0.354. The van der Waals surface area contributed by atoms with E-state index in [1.165, 1.54) is 0 Å². The highest BCUT2D eigenvalue weighted by atomic mass is 16.5. The lowest BCUT2D eigenvalue weighted by molar-refractivity contribution is -0.130. The van der Waals surface area contributed by atoms with Gasteiger partial charge in [-0.05, 0) is 50.6 Å². The fourth-order valence-electron chi connectivity index (χ4n) is 4.33. The summed E-state index contributed by atoms with van der Waals surface area (Å²) in [5.41, 5.74) is 1.85. The Hall–Kier alpha value is -2.90. The zero-order valence-corrected chi connectivity index (χ0v) is 16.7. The number of benzene rings is 2. The molecular formula is C22H25N3O4. The van der Waals surface area contributed by atoms with Crippen LogP contribution in [-0.2, 0) is 15.1 Å². The minimum atomic E-state index is -1.21. The van der Waals surface area contributed by atoms with Crippen LogP contribution in [0.1, 0.15) is 24.5 Å². The average Bonchev–Trinajstić information content (AvgIpc) is 3.23. The van der Waals surface area contributed by atoms with Crippen molar-refractivity contribution in [2.75, 3.05) is 17.7 Å². The van der Waals surface area contributed by atoms with Crippen molar-refractivity contribution >= 4 is 23.2 Å². The molecule has 4 atom stereocenters. The van der Waals surface area contributed by atoms with Crippen molar-refractivity contribution in [2.24, 2.45) is 5.92 Å². The Kier molecular flexibility index (Phi) is 4.80. The number of anilines is 2. The van der Waals surface area contributed by atoms with Gasteiger partial charge in [0.2, 0.25) is 11.8 Å². The Morgan fingerprint density at radius 2 is 2.00 bits per heavy atom. The Bertz CT molecular complexity index is 957. The summed E-state index contributed by atoms with van der Waals surface area (Å²) in [7, 11) is 1.58. The van der Waals surface area contributed by atoms with Gasteiger partial charge in [-0.2, -0.15) is 0 Å². The van der Waals surface area contributed by atoms with E-state index < -0.39 is 17.6 Å². The lowest BCUT2D eigenvalue weighted by atomic mass is 9.79. The van der Waals surface area contributed by atoms with Gasteiger partial charge in [0.15, 0.2) is 0 Å². The Morgan fingerprint density at radius 3 is 2.66 bits per heavy atom. The molecule has 4 rings (SSSR count). The molecule has 2 heterocycles. The lowest BCUT2D eigenvalue weighted by Gasteiger charge is -2.29. The minimum Gasteiger partial charge on any atom is -0.497 e. The van der Waals surface area contributed by atoms with Gasteiger partial charge >= 0.3 is 0 Å². The number of hydrogen-bond donors (Lipinski definition) is 4. The van der Waals surface area contributed by atoms with E-state index in [9.17, 15) is 14.7 Å². The quantitative estimate of drug-likeness (QED) is 0.636. The first-order valence-electron chi connectivity index (χ1n) is 9.68. The fourth-order valence-corrected chi connectivity index (χ4v) is 4.33. The number of ether oxygens (including phenoxy) is 1. The fraction of sp³-hybridized carbons (Fsp3) is 0.364. The number of aliphatic hydroxyl groups excluding tert-OH is 1. The third kappa shape index (κ3) is 3.16. The Labute approximate surface area is 169 Å². The summed E-state index contributed by atoms with van der Waals surface area (Å²) in [4.78, 5) is 26.4. The zero-order valence-electron chi connectivity index (χ0n) is 16.7. The first kappa shape index (κ1) is 19.4. The molecule has 0 bridgehead atoms. The largest absolute Gasteiger partial charge is 0.497 e. The molecule has 2 aliphatic rings. The molecule has 4 N–H and O–H groups in total. The molecule has 2 aromatic rings. The van der Waals surface area contributed by atoms with Crippen LogP contribution in [0.4, 0.5) is 11.4 Å². The maximum Gasteiger partial charge on any atom is 0.250 e. The zero-order chi connectivity index (χ0) is 20.8.